The number of carbonyl (C=O) groups excluding carboxylic acids is 1. The molecule has 0 fully saturated rings. The smallest absolute Gasteiger partial charge is 0.350 e. The Morgan fingerprint density at radius 3 is 2.85 bits per heavy atom. The van der Waals surface area contributed by atoms with Gasteiger partial charge in [-0.2, -0.15) is 0 Å². The minimum atomic E-state index is -0.385. The number of thiazole rings is 1. The molecule has 0 aromatic carbocycles. The highest BCUT2D eigenvalue weighted by Crippen LogP contribution is 2.17. The molecule has 1 aromatic heterocycles. The van der Waals surface area contributed by atoms with E-state index in [-0.39, 0.29) is 5.97 Å². The van der Waals surface area contributed by atoms with E-state index >= 15 is 0 Å². The third-order valence-corrected chi connectivity index (χ3v) is 2.64. The highest BCUT2D eigenvalue weighted by atomic mass is 32.1. The van der Waals surface area contributed by atoms with Gasteiger partial charge in [0.2, 0.25) is 0 Å². The molecule has 0 aliphatic carbocycles. The van der Waals surface area contributed by atoms with Crippen molar-refractivity contribution in [1.82, 2.24) is 4.98 Å². The van der Waals surface area contributed by atoms with Gasteiger partial charge in [-0.25, -0.2) is 4.79 Å². The van der Waals surface area contributed by atoms with Crippen LogP contribution in [0.25, 0.3) is 0 Å². The van der Waals surface area contributed by atoms with Gasteiger partial charge < -0.3 is 14.5 Å². The van der Waals surface area contributed by atoms with E-state index in [1.54, 1.807) is 7.11 Å². The van der Waals surface area contributed by atoms with Gasteiger partial charge in [0, 0.05) is 7.11 Å². The molecule has 1 heterocycles. The van der Waals surface area contributed by atoms with Crippen molar-refractivity contribution in [1.29, 1.82) is 0 Å². The Morgan fingerprint density at radius 1 is 1.62 bits per heavy atom. The molecular formula is C7H9NO3S2. The second-order valence-corrected chi connectivity index (χ2v) is 3.93. The number of esters is 1. The van der Waals surface area contributed by atoms with E-state index < -0.39 is 0 Å². The Morgan fingerprint density at radius 2 is 2.31 bits per heavy atom. The lowest BCUT2D eigenvalue weighted by atomic mass is 10.4. The fourth-order valence-corrected chi connectivity index (χ4v) is 2.00. The second kappa shape index (κ2) is 4.50. The van der Waals surface area contributed by atoms with Crippen molar-refractivity contribution in [3.8, 4) is 0 Å². The molecule has 13 heavy (non-hydrogen) atoms. The van der Waals surface area contributed by atoms with Crippen LogP contribution in [0, 0.1) is 3.95 Å². The average molecular weight is 219 g/mol. The molecule has 1 aromatic rings. The molecule has 0 amide bonds. The predicted octanol–water partition coefficient (Wildman–Crippen LogP) is 1.74. The van der Waals surface area contributed by atoms with E-state index in [0.717, 1.165) is 0 Å². The fraction of sp³-hybridized carbons (Fsp3) is 0.429. The van der Waals surface area contributed by atoms with Crippen LogP contribution < -0.4 is 0 Å². The molecule has 1 N–H and O–H groups in total. The number of aromatic amines is 1. The van der Waals surface area contributed by atoms with Crippen LogP contribution in [0.15, 0.2) is 0 Å². The van der Waals surface area contributed by atoms with Crippen molar-refractivity contribution in [2.45, 2.75) is 6.61 Å². The normalized spacial score (nSPS) is 10.0. The van der Waals surface area contributed by atoms with E-state index in [2.05, 4.69) is 9.72 Å². The summed E-state index contributed by atoms with van der Waals surface area (Å²) in [6.07, 6.45) is 0. The minimum Gasteiger partial charge on any atom is -0.465 e. The first-order chi connectivity index (χ1) is 6.19. The Balaban J connectivity index is 3.04. The van der Waals surface area contributed by atoms with E-state index in [4.69, 9.17) is 17.0 Å². The maximum absolute atomic E-state index is 11.2. The third kappa shape index (κ3) is 2.36. The van der Waals surface area contributed by atoms with Gasteiger partial charge in [-0.3, -0.25) is 0 Å². The fourth-order valence-electron chi connectivity index (χ4n) is 0.863. The van der Waals surface area contributed by atoms with Crippen LogP contribution in [0.2, 0.25) is 0 Å². The number of aromatic nitrogens is 1. The van der Waals surface area contributed by atoms with Crippen molar-refractivity contribution in [2.75, 3.05) is 14.2 Å². The highest BCUT2D eigenvalue weighted by Gasteiger charge is 2.14. The second-order valence-electron chi connectivity index (χ2n) is 2.25. The maximum atomic E-state index is 11.2. The number of nitrogens with one attached hydrogen (secondary N) is 1. The number of hydrogen-bond donors (Lipinski definition) is 1. The Bertz CT molecular complexity index is 355. The summed E-state index contributed by atoms with van der Waals surface area (Å²) in [5.41, 5.74) is 0.671. The standard InChI is InChI=1S/C7H9NO3S2/c1-10-3-4-5(6(9)11-2)13-7(12)8-4/h3H2,1-2H3,(H,8,12). The summed E-state index contributed by atoms with van der Waals surface area (Å²) in [5, 5.41) is 0. The number of hydrogen-bond acceptors (Lipinski definition) is 5. The maximum Gasteiger partial charge on any atom is 0.350 e. The first kappa shape index (κ1) is 10.4. The van der Waals surface area contributed by atoms with E-state index in [1.807, 2.05) is 0 Å². The number of H-pyrrole nitrogens is 1. The van der Waals surface area contributed by atoms with Gasteiger partial charge in [-0.05, 0) is 12.2 Å². The topological polar surface area (TPSA) is 51.3 Å². The Kier molecular flexibility index (Phi) is 3.58. The zero-order valence-electron chi connectivity index (χ0n) is 7.25. The van der Waals surface area contributed by atoms with Gasteiger partial charge in [-0.1, -0.05) is 11.3 Å². The molecule has 1 rings (SSSR count). The molecule has 0 spiro atoms. The van der Waals surface area contributed by atoms with Crippen molar-refractivity contribution in [3.63, 3.8) is 0 Å². The van der Waals surface area contributed by atoms with Crippen LogP contribution in [-0.4, -0.2) is 25.2 Å². The summed E-state index contributed by atoms with van der Waals surface area (Å²) in [6, 6.07) is 0. The highest BCUT2D eigenvalue weighted by molar-refractivity contribution is 7.73. The molecule has 0 radical (unpaired) electrons. The summed E-state index contributed by atoms with van der Waals surface area (Å²) >= 11 is 6.09. The van der Waals surface area contributed by atoms with Gasteiger partial charge in [0.1, 0.15) is 4.88 Å². The van der Waals surface area contributed by atoms with Gasteiger partial charge in [0.05, 0.1) is 19.4 Å². The molecule has 0 aliphatic heterocycles. The summed E-state index contributed by atoms with van der Waals surface area (Å²) in [7, 11) is 2.89. The number of ether oxygens (including phenoxy) is 2. The first-order valence-corrected chi connectivity index (χ1v) is 4.70. The molecule has 0 bridgehead atoms. The van der Waals surface area contributed by atoms with Crippen molar-refractivity contribution < 1.29 is 14.3 Å². The van der Waals surface area contributed by atoms with Crippen LogP contribution in [0.1, 0.15) is 15.4 Å². The molecular weight excluding hydrogens is 210 g/mol. The Hall–Kier alpha value is -0.720. The van der Waals surface area contributed by atoms with Crippen LogP contribution in [0.4, 0.5) is 0 Å². The summed E-state index contributed by atoms with van der Waals surface area (Å²) in [6.45, 7) is 0.331. The van der Waals surface area contributed by atoms with Gasteiger partial charge in [-0.15, -0.1) is 0 Å². The van der Waals surface area contributed by atoms with E-state index in [1.165, 1.54) is 18.4 Å². The van der Waals surface area contributed by atoms with Crippen molar-refractivity contribution in [2.24, 2.45) is 0 Å². The summed E-state index contributed by atoms with van der Waals surface area (Å²) < 4.78 is 10.0. The third-order valence-electron chi connectivity index (χ3n) is 1.38. The SMILES string of the molecule is COCc1[nH]c(=S)sc1C(=O)OC. The molecule has 0 saturated heterocycles. The number of methoxy groups -OCH3 is 2. The molecule has 0 atom stereocenters. The largest absolute Gasteiger partial charge is 0.465 e. The molecule has 72 valence electrons. The van der Waals surface area contributed by atoms with Crippen LogP contribution >= 0.6 is 23.6 Å². The van der Waals surface area contributed by atoms with Crippen LogP contribution in [0.5, 0.6) is 0 Å². The van der Waals surface area contributed by atoms with Crippen LogP contribution in [0.3, 0.4) is 0 Å². The Labute approximate surface area is 84.5 Å². The number of carbonyl (C=O) groups is 1. The predicted molar refractivity (Wildman–Crippen MR) is 51.6 cm³/mol. The lowest BCUT2D eigenvalue weighted by Gasteiger charge is -1.98. The van der Waals surface area contributed by atoms with Crippen LogP contribution in [-0.2, 0) is 16.1 Å². The quantitative estimate of drug-likeness (QED) is 0.621. The van der Waals surface area contributed by atoms with Crippen molar-refractivity contribution in [3.05, 3.63) is 14.5 Å². The molecule has 0 unspecified atom stereocenters. The molecule has 6 heteroatoms. The van der Waals surface area contributed by atoms with Crippen molar-refractivity contribution >= 4 is 29.5 Å². The van der Waals surface area contributed by atoms with Gasteiger partial charge >= 0.3 is 5.97 Å². The molecule has 0 aliphatic rings. The zero-order valence-corrected chi connectivity index (χ0v) is 8.88. The number of rotatable bonds is 3. The molecule has 0 saturated carbocycles. The zero-order chi connectivity index (χ0) is 9.84. The minimum absolute atomic E-state index is 0.331. The molecule has 4 nitrogen and oxygen atoms in total. The monoisotopic (exact) mass is 219 g/mol. The first-order valence-electron chi connectivity index (χ1n) is 3.48. The van der Waals surface area contributed by atoms with E-state index in [9.17, 15) is 4.79 Å². The van der Waals surface area contributed by atoms with E-state index in [0.29, 0.717) is 21.1 Å². The average Bonchev–Trinajstić information content (AvgIpc) is 2.46. The summed E-state index contributed by atoms with van der Waals surface area (Å²) in [5.74, 6) is -0.385. The summed E-state index contributed by atoms with van der Waals surface area (Å²) in [4.78, 5) is 14.5. The lowest BCUT2D eigenvalue weighted by molar-refractivity contribution is 0.0601. The lowest BCUT2D eigenvalue weighted by Crippen LogP contribution is -2.03. The van der Waals surface area contributed by atoms with Gasteiger partial charge in [0.25, 0.3) is 0 Å². The van der Waals surface area contributed by atoms with Gasteiger partial charge in [0.15, 0.2) is 3.95 Å².